The van der Waals surface area contributed by atoms with Gasteiger partial charge in [0.1, 0.15) is 5.69 Å². The number of pyridine rings is 1. The third kappa shape index (κ3) is 4.56. The van der Waals surface area contributed by atoms with Crippen molar-refractivity contribution in [3.63, 3.8) is 0 Å². The topological polar surface area (TPSA) is 74.2 Å². The molecule has 2 aromatic rings. The molecule has 1 aliphatic rings. The monoisotopic (exact) mass is 392 g/mol. The van der Waals surface area contributed by atoms with E-state index in [1.807, 2.05) is 4.90 Å². The van der Waals surface area contributed by atoms with Crippen LogP contribution in [0.2, 0.25) is 0 Å². The van der Waals surface area contributed by atoms with E-state index in [1.54, 1.807) is 24.1 Å². The van der Waals surface area contributed by atoms with Crippen molar-refractivity contribution in [2.75, 3.05) is 36.4 Å². The number of alkyl halides is 3. The first-order chi connectivity index (χ1) is 13.4. The Morgan fingerprint density at radius 1 is 1.11 bits per heavy atom. The predicted octanol–water partition coefficient (Wildman–Crippen LogP) is 2.86. The molecule has 0 radical (unpaired) electrons. The molecule has 0 atom stereocenters. The third-order valence-electron chi connectivity index (χ3n) is 4.20. The van der Waals surface area contributed by atoms with Gasteiger partial charge in [0.05, 0.1) is 11.9 Å². The van der Waals surface area contributed by atoms with Crippen molar-refractivity contribution in [2.45, 2.75) is 13.1 Å². The third-order valence-corrected chi connectivity index (χ3v) is 4.20. The summed E-state index contributed by atoms with van der Waals surface area (Å²) in [6, 6.07) is 2.20. The van der Waals surface area contributed by atoms with Crippen LogP contribution in [0.15, 0.2) is 42.9 Å². The number of piperazine rings is 1. The van der Waals surface area contributed by atoms with E-state index in [9.17, 15) is 18.0 Å². The van der Waals surface area contributed by atoms with E-state index >= 15 is 0 Å². The van der Waals surface area contributed by atoms with Gasteiger partial charge in [0.2, 0.25) is 5.91 Å². The maximum atomic E-state index is 12.6. The van der Waals surface area contributed by atoms with Gasteiger partial charge in [-0.15, -0.1) is 0 Å². The minimum absolute atomic E-state index is 0.0320. The minimum atomic E-state index is -4.49. The first-order valence-electron chi connectivity index (χ1n) is 8.66. The molecule has 0 saturated carbocycles. The van der Waals surface area contributed by atoms with Gasteiger partial charge in [-0.3, -0.25) is 4.79 Å². The van der Waals surface area contributed by atoms with Crippen LogP contribution in [0, 0.1) is 0 Å². The highest BCUT2D eigenvalue weighted by Gasteiger charge is 2.32. The zero-order valence-corrected chi connectivity index (χ0v) is 15.1. The Hall–Kier alpha value is -3.17. The second kappa shape index (κ2) is 8.24. The normalized spacial score (nSPS) is 15.1. The predicted molar refractivity (Wildman–Crippen MR) is 98.2 cm³/mol. The number of anilines is 3. The molecule has 3 heterocycles. The molecule has 2 aromatic heterocycles. The molecule has 1 N–H and O–H groups in total. The maximum absolute atomic E-state index is 12.6. The zero-order chi connectivity index (χ0) is 20.1. The molecule has 28 heavy (non-hydrogen) atoms. The van der Waals surface area contributed by atoms with Crippen molar-refractivity contribution >= 4 is 23.2 Å². The van der Waals surface area contributed by atoms with E-state index in [0.717, 1.165) is 12.3 Å². The maximum Gasteiger partial charge on any atom is 0.433 e. The number of carbonyl (C=O) groups excluding carboxylic acids is 1. The van der Waals surface area contributed by atoms with Crippen molar-refractivity contribution < 1.29 is 18.0 Å². The standard InChI is InChI=1S/C18H19F3N6O/c1-2-3-15(28)26-8-10-27(11-9-26)17-16(22-6-7-23-17)25-13-4-5-14(24-12-13)18(19,20)21/h2-7,12H,8-11H2,1H3,(H,22,25). The highest BCUT2D eigenvalue weighted by atomic mass is 19.4. The Balaban J connectivity index is 1.71. The molecule has 148 valence electrons. The second-order valence-electron chi connectivity index (χ2n) is 6.10. The van der Waals surface area contributed by atoms with Gasteiger partial charge in [-0.05, 0) is 25.1 Å². The lowest BCUT2D eigenvalue weighted by Gasteiger charge is -2.35. The van der Waals surface area contributed by atoms with E-state index in [1.165, 1.54) is 18.3 Å². The molecule has 3 rings (SSSR count). The van der Waals surface area contributed by atoms with Crippen LogP contribution in [0.3, 0.4) is 0 Å². The van der Waals surface area contributed by atoms with Gasteiger partial charge >= 0.3 is 6.18 Å². The molecular weight excluding hydrogens is 373 g/mol. The Morgan fingerprint density at radius 2 is 1.82 bits per heavy atom. The van der Waals surface area contributed by atoms with Crippen LogP contribution in [0.1, 0.15) is 12.6 Å². The quantitative estimate of drug-likeness (QED) is 0.807. The summed E-state index contributed by atoms with van der Waals surface area (Å²) in [7, 11) is 0. The molecule has 7 nitrogen and oxygen atoms in total. The van der Waals surface area contributed by atoms with Gasteiger partial charge in [-0.2, -0.15) is 13.2 Å². The summed E-state index contributed by atoms with van der Waals surface area (Å²) in [6.45, 7) is 4.02. The summed E-state index contributed by atoms with van der Waals surface area (Å²) in [4.78, 5) is 27.7. The fourth-order valence-corrected chi connectivity index (χ4v) is 2.81. The molecule has 10 heteroatoms. The highest BCUT2D eigenvalue weighted by Crippen LogP contribution is 2.29. The number of carbonyl (C=O) groups is 1. The van der Waals surface area contributed by atoms with Crippen molar-refractivity contribution in [3.8, 4) is 0 Å². The van der Waals surface area contributed by atoms with Gasteiger partial charge in [0, 0.05) is 38.6 Å². The van der Waals surface area contributed by atoms with Crippen LogP contribution in [0.25, 0.3) is 0 Å². The van der Waals surface area contributed by atoms with Crippen molar-refractivity contribution in [1.82, 2.24) is 19.9 Å². The lowest BCUT2D eigenvalue weighted by Crippen LogP contribution is -2.48. The number of hydrogen-bond donors (Lipinski definition) is 1. The van der Waals surface area contributed by atoms with Crippen LogP contribution in [-0.2, 0) is 11.0 Å². The van der Waals surface area contributed by atoms with Gasteiger partial charge in [0.15, 0.2) is 11.6 Å². The van der Waals surface area contributed by atoms with Crippen LogP contribution < -0.4 is 10.2 Å². The van der Waals surface area contributed by atoms with Crippen molar-refractivity contribution in [2.24, 2.45) is 0 Å². The Kier molecular flexibility index (Phi) is 5.76. The summed E-state index contributed by atoms with van der Waals surface area (Å²) in [5.41, 5.74) is -0.587. The lowest BCUT2D eigenvalue weighted by molar-refractivity contribution is -0.141. The number of amides is 1. The fraction of sp³-hybridized carbons (Fsp3) is 0.333. The summed E-state index contributed by atoms with van der Waals surface area (Å²) in [5.74, 6) is 0.952. The molecule has 0 aromatic carbocycles. The number of aromatic nitrogens is 3. The molecule has 1 saturated heterocycles. The fourth-order valence-electron chi connectivity index (χ4n) is 2.81. The first kappa shape index (κ1) is 19.6. The number of allylic oxidation sites excluding steroid dienone is 1. The number of hydrogen-bond acceptors (Lipinski definition) is 6. The average Bonchev–Trinajstić information content (AvgIpc) is 2.68. The van der Waals surface area contributed by atoms with Gasteiger partial charge in [-0.1, -0.05) is 6.08 Å². The van der Waals surface area contributed by atoms with Crippen LogP contribution >= 0.6 is 0 Å². The van der Waals surface area contributed by atoms with Crippen LogP contribution in [-0.4, -0.2) is 51.9 Å². The summed E-state index contributed by atoms with van der Waals surface area (Å²) in [5, 5.41) is 2.97. The number of nitrogens with zero attached hydrogens (tertiary/aromatic N) is 5. The molecule has 0 spiro atoms. The highest BCUT2D eigenvalue weighted by molar-refractivity contribution is 5.87. The van der Waals surface area contributed by atoms with E-state index < -0.39 is 11.9 Å². The van der Waals surface area contributed by atoms with Crippen LogP contribution in [0.4, 0.5) is 30.5 Å². The summed E-state index contributed by atoms with van der Waals surface area (Å²) >= 11 is 0. The minimum Gasteiger partial charge on any atom is -0.350 e. The number of nitrogens with one attached hydrogen (secondary N) is 1. The SMILES string of the molecule is CC=CC(=O)N1CCN(c2nccnc2Nc2ccc(C(F)(F)F)nc2)CC1. The largest absolute Gasteiger partial charge is 0.433 e. The summed E-state index contributed by atoms with van der Waals surface area (Å²) in [6.07, 6.45) is 2.90. The summed E-state index contributed by atoms with van der Waals surface area (Å²) < 4.78 is 37.9. The molecular formula is C18H19F3N6O. The molecule has 0 aliphatic carbocycles. The molecule has 0 unspecified atom stereocenters. The first-order valence-corrected chi connectivity index (χ1v) is 8.66. The Bertz CT molecular complexity index is 845. The van der Waals surface area contributed by atoms with E-state index in [2.05, 4.69) is 20.3 Å². The second-order valence-corrected chi connectivity index (χ2v) is 6.10. The van der Waals surface area contributed by atoms with Gasteiger partial charge in [0.25, 0.3) is 0 Å². The molecule has 0 bridgehead atoms. The zero-order valence-electron chi connectivity index (χ0n) is 15.1. The van der Waals surface area contributed by atoms with E-state index in [-0.39, 0.29) is 5.91 Å². The molecule has 1 aliphatic heterocycles. The smallest absolute Gasteiger partial charge is 0.350 e. The lowest BCUT2D eigenvalue weighted by atomic mass is 10.3. The van der Waals surface area contributed by atoms with E-state index in [0.29, 0.717) is 43.5 Å². The van der Waals surface area contributed by atoms with Crippen molar-refractivity contribution in [1.29, 1.82) is 0 Å². The van der Waals surface area contributed by atoms with E-state index in [4.69, 9.17) is 0 Å². The van der Waals surface area contributed by atoms with Crippen LogP contribution in [0.5, 0.6) is 0 Å². The van der Waals surface area contributed by atoms with Crippen molar-refractivity contribution in [3.05, 3.63) is 48.6 Å². The number of halogens is 3. The molecule has 1 fully saturated rings. The molecule has 1 amide bonds. The Morgan fingerprint density at radius 3 is 2.43 bits per heavy atom. The average molecular weight is 392 g/mol. The van der Waals surface area contributed by atoms with Gasteiger partial charge in [-0.25, -0.2) is 15.0 Å². The Labute approximate surface area is 159 Å². The van der Waals surface area contributed by atoms with Gasteiger partial charge < -0.3 is 15.1 Å². The number of rotatable bonds is 4.